The van der Waals surface area contributed by atoms with E-state index in [1.165, 1.54) is 0 Å². The minimum Gasteiger partial charge on any atom is -0.481 e. The molecule has 0 radical (unpaired) electrons. The first kappa shape index (κ1) is 16.7. The molecule has 2 N–H and O–H groups in total. The number of benzene rings is 1. The zero-order chi connectivity index (χ0) is 14.4. The van der Waals surface area contributed by atoms with E-state index in [4.69, 9.17) is 5.11 Å². The van der Waals surface area contributed by atoms with E-state index in [1.54, 1.807) is 0 Å². The zero-order valence-electron chi connectivity index (χ0n) is 9.88. The Kier molecular flexibility index (Phi) is 7.02. The lowest BCUT2D eigenvalue weighted by atomic mass is 10.2. The van der Waals surface area contributed by atoms with Crippen molar-refractivity contribution in [2.24, 2.45) is 0 Å². The van der Waals surface area contributed by atoms with Gasteiger partial charge in [-0.05, 0) is 56.8 Å². The number of carbonyl (C=O) groups excluding carboxylic acids is 1. The van der Waals surface area contributed by atoms with Crippen molar-refractivity contribution in [3.63, 3.8) is 0 Å². The predicted molar refractivity (Wildman–Crippen MR) is 84.3 cm³/mol. The summed E-state index contributed by atoms with van der Waals surface area (Å²) in [5.74, 6) is -0.965. The average Bonchev–Trinajstić information content (AvgIpc) is 2.29. The third-order valence-electron chi connectivity index (χ3n) is 2.32. The average molecular weight is 458 g/mol. The number of nitrogens with one attached hydrogen (secondary N) is 1. The van der Waals surface area contributed by atoms with Crippen LogP contribution < -0.4 is 5.32 Å². The predicted octanol–water partition coefficient (Wildman–Crippen LogP) is 4.56. The van der Waals surface area contributed by atoms with Crippen molar-refractivity contribution in [2.75, 3.05) is 5.32 Å². The molecule has 0 spiro atoms. The van der Waals surface area contributed by atoms with Crippen molar-refractivity contribution in [3.05, 3.63) is 25.6 Å². The summed E-state index contributed by atoms with van der Waals surface area (Å²) in [7, 11) is 0. The molecule has 1 amide bonds. The molecule has 0 aliphatic heterocycles. The fourth-order valence-electron chi connectivity index (χ4n) is 1.43. The van der Waals surface area contributed by atoms with Crippen LogP contribution in [0.25, 0.3) is 0 Å². The van der Waals surface area contributed by atoms with E-state index in [9.17, 15) is 9.59 Å². The first-order valence-electron chi connectivity index (χ1n) is 5.56. The quantitative estimate of drug-likeness (QED) is 0.615. The molecule has 0 saturated heterocycles. The summed E-state index contributed by atoms with van der Waals surface area (Å²) in [4.78, 5) is 22.1. The van der Waals surface area contributed by atoms with Gasteiger partial charge in [-0.3, -0.25) is 9.59 Å². The molecule has 0 aliphatic rings. The number of hydrogen-bond donors (Lipinski definition) is 2. The van der Waals surface area contributed by atoms with Crippen LogP contribution >= 0.6 is 47.8 Å². The molecule has 1 rings (SSSR count). The minimum absolute atomic E-state index is 0.0962. The molecule has 0 unspecified atom stereocenters. The first-order valence-corrected chi connectivity index (χ1v) is 7.94. The molecule has 0 fully saturated rings. The van der Waals surface area contributed by atoms with E-state index in [-0.39, 0.29) is 12.3 Å². The SMILES string of the molecule is O=C(O)CCCCC(=O)Nc1c(Br)cc(Br)cc1Br. The van der Waals surface area contributed by atoms with Gasteiger partial charge >= 0.3 is 5.97 Å². The molecule has 19 heavy (non-hydrogen) atoms. The van der Waals surface area contributed by atoms with Gasteiger partial charge in [0.05, 0.1) is 5.69 Å². The molecule has 0 aliphatic carbocycles. The second-order valence-corrected chi connectivity index (χ2v) is 6.52. The number of hydrogen-bond acceptors (Lipinski definition) is 2. The lowest BCUT2D eigenvalue weighted by Crippen LogP contribution is -2.12. The van der Waals surface area contributed by atoms with Gasteiger partial charge in [-0.15, -0.1) is 0 Å². The summed E-state index contributed by atoms with van der Waals surface area (Å²) in [6.07, 6.45) is 1.47. The van der Waals surface area contributed by atoms with E-state index in [1.807, 2.05) is 12.1 Å². The van der Waals surface area contributed by atoms with Crippen molar-refractivity contribution >= 4 is 65.4 Å². The molecule has 0 bridgehead atoms. The number of aliphatic carboxylic acids is 1. The second kappa shape index (κ2) is 8.01. The molecule has 4 nitrogen and oxygen atoms in total. The molecule has 1 aromatic rings. The smallest absolute Gasteiger partial charge is 0.303 e. The lowest BCUT2D eigenvalue weighted by molar-refractivity contribution is -0.137. The van der Waals surface area contributed by atoms with E-state index < -0.39 is 5.97 Å². The summed E-state index contributed by atoms with van der Waals surface area (Å²) in [6.45, 7) is 0. The first-order chi connectivity index (χ1) is 8.90. The Labute approximate surface area is 136 Å². The Hall–Kier alpha value is -0.400. The van der Waals surface area contributed by atoms with Gasteiger partial charge in [0.15, 0.2) is 0 Å². The Morgan fingerprint density at radius 2 is 1.58 bits per heavy atom. The highest BCUT2D eigenvalue weighted by Crippen LogP contribution is 2.34. The summed E-state index contributed by atoms with van der Waals surface area (Å²) in [6, 6.07) is 3.68. The van der Waals surface area contributed by atoms with Crippen molar-refractivity contribution < 1.29 is 14.7 Å². The number of carbonyl (C=O) groups is 2. The number of halogens is 3. The number of anilines is 1. The molecule has 0 heterocycles. The highest BCUT2D eigenvalue weighted by Gasteiger charge is 2.10. The number of unbranched alkanes of at least 4 members (excludes halogenated alkanes) is 1. The normalized spacial score (nSPS) is 10.3. The maximum Gasteiger partial charge on any atom is 0.303 e. The maximum atomic E-state index is 11.7. The number of rotatable bonds is 6. The fourth-order valence-corrected chi connectivity index (χ4v) is 3.88. The standard InChI is InChI=1S/C12H12Br3NO3/c13-7-5-8(14)12(9(15)6-7)16-10(17)3-1-2-4-11(18)19/h5-6H,1-4H2,(H,16,17)(H,18,19). The van der Waals surface area contributed by atoms with Crippen LogP contribution in [0, 0.1) is 0 Å². The highest BCUT2D eigenvalue weighted by molar-refractivity contribution is 9.11. The molecule has 0 aromatic heterocycles. The van der Waals surface area contributed by atoms with Gasteiger partial charge in [-0.2, -0.15) is 0 Å². The Morgan fingerprint density at radius 3 is 2.11 bits per heavy atom. The number of carboxylic acid groups (broad SMARTS) is 1. The van der Waals surface area contributed by atoms with Crippen molar-refractivity contribution in [1.82, 2.24) is 0 Å². The van der Waals surface area contributed by atoms with Crippen LogP contribution in [0.4, 0.5) is 5.69 Å². The summed E-state index contributed by atoms with van der Waals surface area (Å²) >= 11 is 10.1. The van der Waals surface area contributed by atoms with Gasteiger partial charge in [0.1, 0.15) is 0 Å². The van der Waals surface area contributed by atoms with E-state index >= 15 is 0 Å². The Morgan fingerprint density at radius 1 is 1.05 bits per heavy atom. The molecule has 1 aromatic carbocycles. The van der Waals surface area contributed by atoms with Gasteiger partial charge < -0.3 is 10.4 Å². The minimum atomic E-state index is -0.834. The van der Waals surface area contributed by atoms with Crippen molar-refractivity contribution in [1.29, 1.82) is 0 Å². The van der Waals surface area contributed by atoms with E-state index in [0.717, 1.165) is 13.4 Å². The maximum absolute atomic E-state index is 11.7. The van der Waals surface area contributed by atoms with Crippen LogP contribution in [0.1, 0.15) is 25.7 Å². The van der Waals surface area contributed by atoms with Crippen molar-refractivity contribution in [2.45, 2.75) is 25.7 Å². The van der Waals surface area contributed by atoms with Crippen LogP contribution in [0.2, 0.25) is 0 Å². The fraction of sp³-hybridized carbons (Fsp3) is 0.333. The molecule has 0 saturated carbocycles. The van der Waals surface area contributed by atoms with Gasteiger partial charge in [-0.1, -0.05) is 15.9 Å². The summed E-state index contributed by atoms with van der Waals surface area (Å²) < 4.78 is 2.44. The largest absolute Gasteiger partial charge is 0.481 e. The van der Waals surface area contributed by atoms with Crippen LogP contribution in [0.3, 0.4) is 0 Å². The van der Waals surface area contributed by atoms with Crippen LogP contribution in [-0.2, 0) is 9.59 Å². The van der Waals surface area contributed by atoms with Gasteiger partial charge in [-0.25, -0.2) is 0 Å². The number of amides is 1. The Balaban J connectivity index is 2.51. The molecular weight excluding hydrogens is 446 g/mol. The van der Waals surface area contributed by atoms with Crippen molar-refractivity contribution in [3.8, 4) is 0 Å². The highest BCUT2D eigenvalue weighted by atomic mass is 79.9. The third kappa shape index (κ3) is 6.05. The second-order valence-electron chi connectivity index (χ2n) is 3.89. The zero-order valence-corrected chi connectivity index (χ0v) is 14.6. The monoisotopic (exact) mass is 455 g/mol. The van der Waals surface area contributed by atoms with Gasteiger partial charge in [0.25, 0.3) is 0 Å². The van der Waals surface area contributed by atoms with Gasteiger partial charge in [0, 0.05) is 26.3 Å². The summed E-state index contributed by atoms with van der Waals surface area (Å²) in [5, 5.41) is 11.3. The summed E-state index contributed by atoms with van der Waals surface area (Å²) in [5.41, 5.74) is 0.673. The van der Waals surface area contributed by atoms with E-state index in [0.29, 0.717) is 24.9 Å². The molecule has 104 valence electrons. The molecule has 7 heteroatoms. The van der Waals surface area contributed by atoms with E-state index in [2.05, 4.69) is 53.1 Å². The Bertz CT molecular complexity index is 468. The third-order valence-corrected chi connectivity index (χ3v) is 4.02. The van der Waals surface area contributed by atoms with Crippen LogP contribution in [0.15, 0.2) is 25.6 Å². The lowest BCUT2D eigenvalue weighted by Gasteiger charge is -2.10. The van der Waals surface area contributed by atoms with Crippen LogP contribution in [0.5, 0.6) is 0 Å². The molecule has 0 atom stereocenters. The topological polar surface area (TPSA) is 66.4 Å². The van der Waals surface area contributed by atoms with Gasteiger partial charge in [0.2, 0.25) is 5.91 Å². The number of carboxylic acids is 1. The van der Waals surface area contributed by atoms with Crippen LogP contribution in [-0.4, -0.2) is 17.0 Å². The molecular formula is C12H12Br3NO3.